The molecule has 0 N–H and O–H groups in total. The van der Waals surface area contributed by atoms with Crippen LogP contribution in [-0.2, 0) is 4.74 Å². The molecule has 100 valence electrons. The fourth-order valence-corrected chi connectivity index (χ4v) is 2.07. The summed E-state index contributed by atoms with van der Waals surface area (Å²) in [5, 5.41) is 0.961. The molecule has 0 unspecified atom stereocenters. The van der Waals surface area contributed by atoms with Crippen LogP contribution in [0, 0.1) is 0 Å². The van der Waals surface area contributed by atoms with Gasteiger partial charge in [-0.2, -0.15) is 0 Å². The lowest BCUT2D eigenvalue weighted by molar-refractivity contribution is 0.0549. The number of benzene rings is 1. The normalized spacial score (nSPS) is 11.6. The monoisotopic (exact) mass is 259 g/mol. The van der Waals surface area contributed by atoms with Crippen LogP contribution in [0.15, 0.2) is 24.3 Å². The average molecular weight is 259 g/mol. The predicted molar refractivity (Wildman–Crippen MR) is 78.3 cm³/mol. The molecule has 1 aromatic carbocycles. The van der Waals surface area contributed by atoms with Crippen LogP contribution in [0.1, 0.15) is 20.8 Å². The van der Waals surface area contributed by atoms with Crippen molar-refractivity contribution in [2.24, 2.45) is 0 Å². The highest BCUT2D eigenvalue weighted by atomic mass is 16.6. The summed E-state index contributed by atoms with van der Waals surface area (Å²) in [6, 6.07) is 7.64. The lowest BCUT2D eigenvalue weighted by atomic mass is 10.1. The van der Waals surface area contributed by atoms with Gasteiger partial charge in [0.15, 0.2) is 7.85 Å². The van der Waals surface area contributed by atoms with Gasteiger partial charge in [-0.25, -0.2) is 4.79 Å². The number of fused-ring (bicyclic) bond motifs is 1. The maximum Gasteiger partial charge on any atom is 0.418 e. The van der Waals surface area contributed by atoms with E-state index in [0.717, 1.165) is 16.5 Å². The van der Waals surface area contributed by atoms with E-state index in [0.29, 0.717) is 5.75 Å². The van der Waals surface area contributed by atoms with Crippen molar-refractivity contribution in [1.82, 2.24) is 4.57 Å². The second-order valence-corrected chi connectivity index (χ2v) is 5.50. The first kappa shape index (κ1) is 13.5. The van der Waals surface area contributed by atoms with Crippen molar-refractivity contribution in [3.05, 3.63) is 24.3 Å². The average Bonchev–Trinajstić information content (AvgIpc) is 2.62. The van der Waals surface area contributed by atoms with Gasteiger partial charge in [-0.3, -0.25) is 4.57 Å². The van der Waals surface area contributed by atoms with Crippen LogP contribution in [0.5, 0.6) is 5.75 Å². The zero-order valence-corrected chi connectivity index (χ0v) is 12.0. The first-order valence-corrected chi connectivity index (χ1v) is 6.22. The highest BCUT2D eigenvalue weighted by Crippen LogP contribution is 2.26. The Balaban J connectivity index is 2.59. The van der Waals surface area contributed by atoms with Gasteiger partial charge in [0.1, 0.15) is 16.9 Å². The Morgan fingerprint density at radius 3 is 2.58 bits per heavy atom. The number of hydrogen-bond donors (Lipinski definition) is 0. The number of carbonyl (C=O) groups is 1. The van der Waals surface area contributed by atoms with E-state index in [1.807, 2.05) is 52.9 Å². The molecule has 2 rings (SSSR count). The van der Waals surface area contributed by atoms with Crippen LogP contribution in [0.3, 0.4) is 0 Å². The van der Waals surface area contributed by atoms with Gasteiger partial charge >= 0.3 is 6.09 Å². The lowest BCUT2D eigenvalue weighted by Gasteiger charge is -2.21. The molecule has 0 aliphatic heterocycles. The maximum absolute atomic E-state index is 12.3. The summed E-state index contributed by atoms with van der Waals surface area (Å²) < 4.78 is 12.3. The van der Waals surface area contributed by atoms with Crippen LogP contribution >= 0.6 is 0 Å². The minimum absolute atomic E-state index is 0.385. The van der Waals surface area contributed by atoms with Crippen molar-refractivity contribution >= 4 is 30.4 Å². The van der Waals surface area contributed by atoms with Crippen LogP contribution < -0.4 is 10.3 Å². The van der Waals surface area contributed by atoms with E-state index in [1.165, 1.54) is 0 Å². The molecule has 2 aromatic rings. The summed E-state index contributed by atoms with van der Waals surface area (Å²) in [7, 11) is 3.47. The van der Waals surface area contributed by atoms with Crippen LogP contribution in [0.4, 0.5) is 4.79 Å². The molecule has 0 saturated carbocycles. The summed E-state index contributed by atoms with van der Waals surface area (Å²) in [4.78, 5) is 12.3. The second-order valence-electron chi connectivity index (χ2n) is 5.50. The van der Waals surface area contributed by atoms with Crippen molar-refractivity contribution in [1.29, 1.82) is 0 Å². The molecule has 4 nitrogen and oxygen atoms in total. The zero-order chi connectivity index (χ0) is 14.2. The fourth-order valence-electron chi connectivity index (χ4n) is 2.07. The second kappa shape index (κ2) is 4.65. The number of carbonyl (C=O) groups excluding carboxylic acids is 1. The van der Waals surface area contributed by atoms with E-state index < -0.39 is 5.60 Å². The van der Waals surface area contributed by atoms with Crippen LogP contribution in [0.25, 0.3) is 10.9 Å². The summed E-state index contributed by atoms with van der Waals surface area (Å²) in [6.07, 6.45) is -0.385. The first-order valence-electron chi connectivity index (χ1n) is 6.22. The number of para-hydroxylation sites is 1. The SMILES string of the molecule is Bc1cc2cccc(OC)c2n1C(=O)OC(C)(C)C. The molecule has 0 amide bonds. The molecule has 0 aliphatic carbocycles. The lowest BCUT2D eigenvalue weighted by Crippen LogP contribution is -2.32. The van der Waals surface area contributed by atoms with Gasteiger partial charge in [0.05, 0.1) is 7.11 Å². The Labute approximate surface area is 113 Å². The molecule has 1 heterocycles. The molecule has 0 aliphatic rings. The van der Waals surface area contributed by atoms with Gasteiger partial charge < -0.3 is 9.47 Å². The van der Waals surface area contributed by atoms with Crippen molar-refractivity contribution in [2.75, 3.05) is 7.11 Å². The Morgan fingerprint density at radius 1 is 1.32 bits per heavy atom. The van der Waals surface area contributed by atoms with E-state index in [-0.39, 0.29) is 6.09 Å². The van der Waals surface area contributed by atoms with Gasteiger partial charge in [-0.1, -0.05) is 12.1 Å². The molecule has 0 bridgehead atoms. The third-order valence-electron chi connectivity index (χ3n) is 2.77. The maximum atomic E-state index is 12.3. The zero-order valence-electron chi connectivity index (χ0n) is 12.0. The van der Waals surface area contributed by atoms with Gasteiger partial charge in [-0.15, -0.1) is 0 Å². The number of ether oxygens (including phenoxy) is 2. The van der Waals surface area contributed by atoms with Gasteiger partial charge in [-0.05, 0) is 38.5 Å². The van der Waals surface area contributed by atoms with E-state index in [1.54, 1.807) is 11.7 Å². The molecule has 0 radical (unpaired) electrons. The summed E-state index contributed by atoms with van der Waals surface area (Å²) in [5.41, 5.74) is 1.05. The predicted octanol–water partition coefficient (Wildman–Crippen LogP) is 1.69. The quantitative estimate of drug-likeness (QED) is 0.732. The molecule has 0 saturated heterocycles. The number of nitrogens with zero attached hydrogens (tertiary/aromatic N) is 1. The number of aromatic nitrogens is 1. The molecule has 0 fully saturated rings. The van der Waals surface area contributed by atoms with Crippen molar-refractivity contribution in [2.45, 2.75) is 26.4 Å². The van der Waals surface area contributed by atoms with Gasteiger partial charge in [0.2, 0.25) is 0 Å². The Bertz CT molecular complexity index is 625. The summed E-state index contributed by atoms with van der Waals surface area (Å²) in [5.74, 6) is 0.663. The Morgan fingerprint density at radius 2 is 2.00 bits per heavy atom. The van der Waals surface area contributed by atoms with E-state index >= 15 is 0 Å². The number of methoxy groups -OCH3 is 1. The molecule has 1 aromatic heterocycles. The smallest absolute Gasteiger partial charge is 0.418 e. The Hall–Kier alpha value is -1.91. The van der Waals surface area contributed by atoms with Crippen LogP contribution in [-0.4, -0.2) is 31.2 Å². The molecule has 5 heteroatoms. The molecular weight excluding hydrogens is 241 g/mol. The minimum atomic E-state index is -0.526. The molecule has 0 atom stereocenters. The highest BCUT2D eigenvalue weighted by molar-refractivity contribution is 6.34. The van der Waals surface area contributed by atoms with Crippen molar-refractivity contribution in [3.8, 4) is 5.75 Å². The Kier molecular flexibility index (Phi) is 3.31. The fraction of sp³-hybridized carbons (Fsp3) is 0.357. The summed E-state index contributed by atoms with van der Waals surface area (Å²) >= 11 is 0. The number of rotatable bonds is 1. The third-order valence-corrected chi connectivity index (χ3v) is 2.77. The highest BCUT2D eigenvalue weighted by Gasteiger charge is 2.22. The topological polar surface area (TPSA) is 40.5 Å². The van der Waals surface area contributed by atoms with Crippen LogP contribution in [0.2, 0.25) is 0 Å². The van der Waals surface area contributed by atoms with Crippen molar-refractivity contribution in [3.63, 3.8) is 0 Å². The minimum Gasteiger partial charge on any atom is -0.495 e. The van der Waals surface area contributed by atoms with Gasteiger partial charge in [0, 0.05) is 5.39 Å². The first-order chi connectivity index (χ1) is 8.83. The molecule has 19 heavy (non-hydrogen) atoms. The largest absolute Gasteiger partial charge is 0.495 e. The van der Waals surface area contributed by atoms with Gasteiger partial charge in [0.25, 0.3) is 0 Å². The van der Waals surface area contributed by atoms with E-state index in [4.69, 9.17) is 9.47 Å². The molecule has 0 spiro atoms. The third kappa shape index (κ3) is 2.60. The van der Waals surface area contributed by atoms with E-state index in [2.05, 4.69) is 0 Å². The van der Waals surface area contributed by atoms with E-state index in [9.17, 15) is 4.79 Å². The van der Waals surface area contributed by atoms with Crippen molar-refractivity contribution < 1.29 is 14.3 Å². The standard InChI is InChI=1S/C14H18BNO3/c1-14(2,3)19-13(17)16-11(15)8-9-6-5-7-10(18-4)12(9)16/h5-8H,15H2,1-4H3. The summed E-state index contributed by atoms with van der Waals surface area (Å²) in [6.45, 7) is 5.55. The number of hydrogen-bond acceptors (Lipinski definition) is 3. The molecular formula is C14H18BNO3.